The summed E-state index contributed by atoms with van der Waals surface area (Å²) in [6.07, 6.45) is -1.09. The Hall–Kier alpha value is -3.63. The number of nitrogens with zero attached hydrogens (tertiary/aromatic N) is 1. The van der Waals surface area contributed by atoms with Crippen LogP contribution in [0, 0.1) is 11.3 Å². The predicted molar refractivity (Wildman–Crippen MR) is 160 cm³/mol. The maximum atomic E-state index is 13.7. The average molecular weight is 602 g/mol. The van der Waals surface area contributed by atoms with Gasteiger partial charge in [-0.05, 0) is 55.9 Å². The van der Waals surface area contributed by atoms with Crippen molar-refractivity contribution in [3.8, 4) is 5.75 Å². The van der Waals surface area contributed by atoms with E-state index in [1.165, 1.54) is 18.2 Å². The van der Waals surface area contributed by atoms with Gasteiger partial charge in [-0.3, -0.25) is 9.59 Å². The zero-order chi connectivity index (χ0) is 31.6. The lowest BCUT2D eigenvalue weighted by molar-refractivity contribution is -0.274. The van der Waals surface area contributed by atoms with Crippen LogP contribution in [0.2, 0.25) is 0 Å². The molecule has 7 nitrogen and oxygen atoms in total. The summed E-state index contributed by atoms with van der Waals surface area (Å²) >= 11 is 0. The number of carbonyl (C=O) groups excluding carboxylic acids is 2. The van der Waals surface area contributed by atoms with E-state index < -0.39 is 35.5 Å². The molecular weight excluding hydrogens is 559 g/mol. The number of allylic oxidation sites excluding steroid dienone is 2. The molecule has 2 amide bonds. The molecule has 4 N–H and O–H groups in total. The Morgan fingerprint density at radius 3 is 2.33 bits per heavy atom. The van der Waals surface area contributed by atoms with Crippen LogP contribution in [0.4, 0.5) is 13.2 Å². The number of primary amides is 1. The molecular formula is C33H42F3N3O4. The SMILES string of the molecule is CCCN(CCC)C(=O)C1=CC(C)=CC(C(N)=O)([C@H](Cc2cccc(OC(F)(F)F)c2)[C@@H](O)CNCc2ccccc2)C1. The number of aliphatic hydroxyl groups excluding tert-OH is 1. The third-order valence-corrected chi connectivity index (χ3v) is 7.62. The minimum Gasteiger partial charge on any atom is -0.406 e. The van der Waals surface area contributed by atoms with E-state index in [0.29, 0.717) is 36.3 Å². The summed E-state index contributed by atoms with van der Waals surface area (Å²) in [6.45, 7) is 7.36. The Morgan fingerprint density at radius 2 is 1.72 bits per heavy atom. The number of hydrogen-bond acceptors (Lipinski definition) is 5. The fraction of sp³-hybridized carbons (Fsp3) is 0.455. The number of hydrogen-bond donors (Lipinski definition) is 3. The second kappa shape index (κ2) is 15.2. The van der Waals surface area contributed by atoms with Gasteiger partial charge in [0.05, 0.1) is 11.5 Å². The zero-order valence-electron chi connectivity index (χ0n) is 25.0. The number of halogens is 3. The number of aliphatic hydroxyl groups is 1. The molecule has 1 aliphatic carbocycles. The molecule has 0 bridgehead atoms. The highest BCUT2D eigenvalue weighted by molar-refractivity contribution is 5.97. The van der Waals surface area contributed by atoms with E-state index in [9.17, 15) is 27.9 Å². The van der Waals surface area contributed by atoms with E-state index in [0.717, 1.165) is 18.4 Å². The molecule has 43 heavy (non-hydrogen) atoms. The number of rotatable bonds is 15. The van der Waals surface area contributed by atoms with E-state index in [4.69, 9.17) is 5.73 Å². The highest BCUT2D eigenvalue weighted by Gasteiger charge is 2.48. The van der Waals surface area contributed by atoms with Crippen molar-refractivity contribution in [2.24, 2.45) is 17.1 Å². The molecule has 0 aromatic heterocycles. The van der Waals surface area contributed by atoms with Gasteiger partial charge >= 0.3 is 6.36 Å². The Kier molecular flexibility index (Phi) is 12.0. The van der Waals surface area contributed by atoms with Crippen molar-refractivity contribution in [1.29, 1.82) is 0 Å². The lowest BCUT2D eigenvalue weighted by Gasteiger charge is -2.42. The second-order valence-electron chi connectivity index (χ2n) is 11.1. The summed E-state index contributed by atoms with van der Waals surface area (Å²) in [4.78, 5) is 28.8. The van der Waals surface area contributed by atoms with Gasteiger partial charge in [0.15, 0.2) is 0 Å². The quantitative estimate of drug-likeness (QED) is 0.257. The minimum atomic E-state index is -4.88. The fourth-order valence-electron chi connectivity index (χ4n) is 5.80. The number of carbonyl (C=O) groups is 2. The van der Waals surface area contributed by atoms with Crippen molar-refractivity contribution in [1.82, 2.24) is 10.2 Å². The highest BCUT2D eigenvalue weighted by atomic mass is 19.4. The molecule has 0 saturated heterocycles. The van der Waals surface area contributed by atoms with Crippen molar-refractivity contribution < 1.29 is 32.6 Å². The Labute approximate surface area is 251 Å². The van der Waals surface area contributed by atoms with Gasteiger partial charge in [0.2, 0.25) is 11.8 Å². The highest BCUT2D eigenvalue weighted by Crippen LogP contribution is 2.44. The molecule has 3 rings (SSSR count). The molecule has 0 heterocycles. The van der Waals surface area contributed by atoms with Crippen molar-refractivity contribution in [2.45, 2.75) is 65.5 Å². The smallest absolute Gasteiger partial charge is 0.406 e. The summed E-state index contributed by atoms with van der Waals surface area (Å²) in [5.41, 5.74) is 7.08. The molecule has 3 atom stereocenters. The van der Waals surface area contributed by atoms with Crippen molar-refractivity contribution in [2.75, 3.05) is 19.6 Å². The summed E-state index contributed by atoms with van der Waals surface area (Å²) in [6, 6.07) is 15.0. The number of nitrogens with one attached hydrogen (secondary N) is 1. The summed E-state index contributed by atoms with van der Waals surface area (Å²) in [5, 5.41) is 14.8. The largest absolute Gasteiger partial charge is 0.573 e. The predicted octanol–water partition coefficient (Wildman–Crippen LogP) is 5.29. The van der Waals surface area contributed by atoms with E-state index in [2.05, 4.69) is 10.1 Å². The van der Waals surface area contributed by atoms with E-state index in [-0.39, 0.29) is 25.3 Å². The number of alkyl halides is 3. The van der Waals surface area contributed by atoms with Crippen LogP contribution in [0.1, 0.15) is 51.2 Å². The topological polar surface area (TPSA) is 105 Å². The van der Waals surface area contributed by atoms with Crippen LogP contribution in [-0.4, -0.2) is 53.9 Å². The van der Waals surface area contributed by atoms with Gasteiger partial charge in [-0.15, -0.1) is 13.2 Å². The van der Waals surface area contributed by atoms with Crippen LogP contribution >= 0.6 is 0 Å². The molecule has 0 spiro atoms. The number of nitrogens with two attached hydrogens (primary N) is 1. The first kappa shape index (κ1) is 33.9. The number of amides is 2. The van der Waals surface area contributed by atoms with E-state index in [1.807, 2.05) is 44.2 Å². The Morgan fingerprint density at radius 1 is 1.07 bits per heavy atom. The first-order valence-electron chi connectivity index (χ1n) is 14.6. The maximum Gasteiger partial charge on any atom is 0.573 e. The first-order chi connectivity index (χ1) is 20.4. The van der Waals surface area contributed by atoms with Gasteiger partial charge in [-0.1, -0.05) is 74.0 Å². The van der Waals surface area contributed by atoms with Gasteiger partial charge in [-0.25, -0.2) is 0 Å². The lowest BCUT2D eigenvalue weighted by Crippen LogP contribution is -2.51. The van der Waals surface area contributed by atoms with E-state index in [1.54, 1.807) is 30.0 Å². The maximum absolute atomic E-state index is 13.7. The molecule has 2 aromatic rings. The molecule has 234 valence electrons. The Balaban J connectivity index is 2.00. The normalized spacial score (nSPS) is 18.3. The summed E-state index contributed by atoms with van der Waals surface area (Å²) in [7, 11) is 0. The summed E-state index contributed by atoms with van der Waals surface area (Å²) in [5.74, 6) is -2.21. The Bertz CT molecular complexity index is 1290. The minimum absolute atomic E-state index is 0.00503. The third-order valence-electron chi connectivity index (χ3n) is 7.62. The van der Waals surface area contributed by atoms with Crippen LogP contribution in [-0.2, 0) is 22.6 Å². The van der Waals surface area contributed by atoms with Gasteiger partial charge in [0, 0.05) is 37.7 Å². The van der Waals surface area contributed by atoms with Crippen molar-refractivity contribution >= 4 is 11.8 Å². The third kappa shape index (κ3) is 9.43. The van der Waals surface area contributed by atoms with Crippen LogP contribution in [0.3, 0.4) is 0 Å². The molecule has 0 saturated carbocycles. The lowest BCUT2D eigenvalue weighted by atomic mass is 9.63. The standard InChI is InChI=1S/C33H42F3N3O4/c1-4-14-39(15-5-2)30(41)26-16-23(3)19-32(20-26,31(37)42)28(29(40)22-38-21-24-10-7-6-8-11-24)18-25-12-9-13-27(17-25)43-33(34,35)36/h6-13,16-17,19,28-29,38,40H,4-5,14-15,18,20-22H2,1-3H3,(H2,37,42)/t28-,29+,32?/m1/s1. The number of benzene rings is 2. The monoisotopic (exact) mass is 601 g/mol. The van der Waals surface area contributed by atoms with Crippen LogP contribution in [0.15, 0.2) is 77.9 Å². The second-order valence-corrected chi connectivity index (χ2v) is 11.1. The molecule has 2 aromatic carbocycles. The number of ether oxygens (including phenoxy) is 1. The molecule has 0 aliphatic heterocycles. The van der Waals surface area contributed by atoms with Gasteiger partial charge in [-0.2, -0.15) is 0 Å². The van der Waals surface area contributed by atoms with Crippen molar-refractivity contribution in [3.05, 3.63) is 89.0 Å². The molecule has 0 radical (unpaired) electrons. The molecule has 1 unspecified atom stereocenters. The molecule has 10 heteroatoms. The van der Waals surface area contributed by atoms with Gasteiger partial charge in [0.1, 0.15) is 5.75 Å². The summed E-state index contributed by atoms with van der Waals surface area (Å²) < 4.78 is 43.0. The zero-order valence-corrected chi connectivity index (χ0v) is 25.0. The average Bonchev–Trinajstić information content (AvgIpc) is 2.94. The van der Waals surface area contributed by atoms with Gasteiger partial charge in [0.25, 0.3) is 0 Å². The van der Waals surface area contributed by atoms with Crippen LogP contribution in [0.25, 0.3) is 0 Å². The molecule has 1 aliphatic rings. The van der Waals surface area contributed by atoms with Gasteiger partial charge < -0.3 is 25.8 Å². The first-order valence-corrected chi connectivity index (χ1v) is 14.6. The van der Waals surface area contributed by atoms with E-state index >= 15 is 0 Å². The fourth-order valence-corrected chi connectivity index (χ4v) is 5.80. The van der Waals surface area contributed by atoms with Crippen LogP contribution in [0.5, 0.6) is 5.75 Å². The van der Waals surface area contributed by atoms with Crippen molar-refractivity contribution in [3.63, 3.8) is 0 Å². The van der Waals surface area contributed by atoms with Crippen LogP contribution < -0.4 is 15.8 Å². The molecule has 0 fully saturated rings.